The predicted molar refractivity (Wildman–Crippen MR) is 91.3 cm³/mol. The summed E-state index contributed by atoms with van der Waals surface area (Å²) >= 11 is 0. The summed E-state index contributed by atoms with van der Waals surface area (Å²) in [6.45, 7) is 2.95. The van der Waals surface area contributed by atoms with E-state index in [1.165, 1.54) is 19.3 Å². The van der Waals surface area contributed by atoms with E-state index in [4.69, 9.17) is 4.74 Å². The average molecular weight is 309 g/mol. The topological polar surface area (TPSA) is 29.5 Å². The fourth-order valence-corrected chi connectivity index (χ4v) is 3.03. The van der Waals surface area contributed by atoms with Crippen molar-refractivity contribution in [2.45, 2.75) is 25.4 Å². The number of hydrogen-bond donors (Lipinski definition) is 0. The number of hydrogen-bond acceptors (Lipinski definition) is 3. The van der Waals surface area contributed by atoms with E-state index in [2.05, 4.69) is 4.90 Å². The minimum atomic E-state index is -0.253. The lowest BCUT2D eigenvalue weighted by molar-refractivity contribution is 0.0177. The van der Waals surface area contributed by atoms with E-state index >= 15 is 0 Å². The molecule has 1 atom stereocenters. The standard InChI is InChI=1S/C20H23NO2/c22-20(18-12-6-2-7-13-18)23-19(17-10-4-1-5-11-17)16-21-14-8-3-9-15-21/h1-2,4-7,10-13,19H,3,8-9,14-16H2. The van der Waals surface area contributed by atoms with Gasteiger partial charge in [0.2, 0.25) is 0 Å². The highest BCUT2D eigenvalue weighted by Gasteiger charge is 2.22. The van der Waals surface area contributed by atoms with Crippen molar-refractivity contribution in [3.8, 4) is 0 Å². The summed E-state index contributed by atoms with van der Waals surface area (Å²) in [7, 11) is 0. The summed E-state index contributed by atoms with van der Waals surface area (Å²) in [4.78, 5) is 14.8. The molecule has 0 aromatic heterocycles. The number of nitrogens with zero attached hydrogens (tertiary/aromatic N) is 1. The second kappa shape index (κ2) is 7.93. The smallest absolute Gasteiger partial charge is 0.338 e. The van der Waals surface area contributed by atoms with E-state index in [1.54, 1.807) is 12.1 Å². The molecule has 0 spiro atoms. The van der Waals surface area contributed by atoms with Gasteiger partial charge < -0.3 is 4.74 Å². The molecule has 1 heterocycles. The Labute approximate surface area is 137 Å². The number of piperidine rings is 1. The summed E-state index contributed by atoms with van der Waals surface area (Å²) in [6, 6.07) is 19.3. The van der Waals surface area contributed by atoms with Crippen LogP contribution in [0.4, 0.5) is 0 Å². The van der Waals surface area contributed by atoms with Crippen molar-refractivity contribution in [3.05, 3.63) is 71.8 Å². The minimum absolute atomic E-state index is 0.220. The van der Waals surface area contributed by atoms with Crippen molar-refractivity contribution in [1.29, 1.82) is 0 Å². The van der Waals surface area contributed by atoms with Crippen molar-refractivity contribution < 1.29 is 9.53 Å². The molecule has 0 N–H and O–H groups in total. The fourth-order valence-electron chi connectivity index (χ4n) is 3.03. The molecule has 1 saturated heterocycles. The van der Waals surface area contributed by atoms with Crippen LogP contribution < -0.4 is 0 Å². The average Bonchev–Trinajstić information content (AvgIpc) is 2.63. The molecule has 0 bridgehead atoms. The summed E-state index contributed by atoms with van der Waals surface area (Å²) in [5.74, 6) is -0.253. The third-order valence-electron chi connectivity index (χ3n) is 4.30. The van der Waals surface area contributed by atoms with Crippen LogP contribution in [0.1, 0.15) is 41.3 Å². The van der Waals surface area contributed by atoms with Gasteiger partial charge in [0, 0.05) is 6.54 Å². The number of esters is 1. The van der Waals surface area contributed by atoms with Gasteiger partial charge in [0.15, 0.2) is 0 Å². The summed E-state index contributed by atoms with van der Waals surface area (Å²) in [6.07, 6.45) is 3.54. The van der Waals surface area contributed by atoms with Crippen LogP contribution in [-0.4, -0.2) is 30.5 Å². The Hall–Kier alpha value is -2.13. The summed E-state index contributed by atoms with van der Waals surface area (Å²) in [5, 5.41) is 0. The number of rotatable bonds is 5. The molecule has 1 aliphatic rings. The molecular weight excluding hydrogens is 286 g/mol. The Bertz CT molecular complexity index is 606. The molecule has 2 aromatic carbocycles. The van der Waals surface area contributed by atoms with Crippen LogP contribution in [0.15, 0.2) is 60.7 Å². The first kappa shape index (κ1) is 15.8. The highest BCUT2D eigenvalue weighted by Crippen LogP contribution is 2.22. The first-order valence-electron chi connectivity index (χ1n) is 8.36. The highest BCUT2D eigenvalue weighted by molar-refractivity contribution is 5.89. The molecule has 3 rings (SSSR count). The van der Waals surface area contributed by atoms with Gasteiger partial charge in [0.25, 0.3) is 0 Å². The first-order valence-corrected chi connectivity index (χ1v) is 8.36. The molecule has 120 valence electrons. The Kier molecular flexibility index (Phi) is 5.43. The van der Waals surface area contributed by atoms with Crippen LogP contribution >= 0.6 is 0 Å². The van der Waals surface area contributed by atoms with Crippen molar-refractivity contribution >= 4 is 5.97 Å². The van der Waals surface area contributed by atoms with Gasteiger partial charge in [-0.3, -0.25) is 4.90 Å². The molecule has 0 radical (unpaired) electrons. The van der Waals surface area contributed by atoms with Crippen LogP contribution in [0.2, 0.25) is 0 Å². The van der Waals surface area contributed by atoms with Gasteiger partial charge in [-0.2, -0.15) is 0 Å². The van der Waals surface area contributed by atoms with Crippen LogP contribution in [0.5, 0.6) is 0 Å². The van der Waals surface area contributed by atoms with Crippen molar-refractivity contribution in [1.82, 2.24) is 4.90 Å². The SMILES string of the molecule is O=C(OC(CN1CCCCC1)c1ccccc1)c1ccccc1. The second-order valence-corrected chi connectivity index (χ2v) is 6.03. The number of benzene rings is 2. The maximum atomic E-state index is 12.4. The van der Waals surface area contributed by atoms with E-state index in [0.717, 1.165) is 25.2 Å². The minimum Gasteiger partial charge on any atom is -0.453 e. The zero-order valence-electron chi connectivity index (χ0n) is 13.4. The van der Waals surface area contributed by atoms with E-state index < -0.39 is 0 Å². The summed E-state index contributed by atoms with van der Waals surface area (Å²) < 4.78 is 5.84. The second-order valence-electron chi connectivity index (χ2n) is 6.03. The normalized spacial score (nSPS) is 16.7. The molecule has 0 saturated carbocycles. The van der Waals surface area contributed by atoms with Gasteiger partial charge in [-0.15, -0.1) is 0 Å². The molecule has 1 aliphatic heterocycles. The van der Waals surface area contributed by atoms with Gasteiger partial charge in [-0.05, 0) is 43.6 Å². The van der Waals surface area contributed by atoms with Gasteiger partial charge in [0.05, 0.1) is 5.56 Å². The van der Waals surface area contributed by atoms with Gasteiger partial charge in [-0.25, -0.2) is 4.79 Å². The molecular formula is C20H23NO2. The van der Waals surface area contributed by atoms with Gasteiger partial charge in [-0.1, -0.05) is 55.0 Å². The van der Waals surface area contributed by atoms with E-state index in [9.17, 15) is 4.79 Å². The number of likely N-dealkylation sites (tertiary alicyclic amines) is 1. The molecule has 3 heteroatoms. The maximum Gasteiger partial charge on any atom is 0.338 e. The van der Waals surface area contributed by atoms with Crippen LogP contribution in [0.25, 0.3) is 0 Å². The van der Waals surface area contributed by atoms with Crippen molar-refractivity contribution in [2.75, 3.05) is 19.6 Å². The molecule has 1 fully saturated rings. The lowest BCUT2D eigenvalue weighted by Crippen LogP contribution is -2.34. The summed E-state index contributed by atoms with van der Waals surface area (Å²) in [5.41, 5.74) is 1.66. The Morgan fingerprint density at radius 2 is 1.52 bits per heavy atom. The first-order chi connectivity index (χ1) is 11.3. The highest BCUT2D eigenvalue weighted by atomic mass is 16.5. The molecule has 0 aliphatic carbocycles. The monoisotopic (exact) mass is 309 g/mol. The maximum absolute atomic E-state index is 12.4. The largest absolute Gasteiger partial charge is 0.453 e. The Morgan fingerprint density at radius 1 is 0.913 bits per heavy atom. The molecule has 0 amide bonds. The van der Waals surface area contributed by atoms with Crippen LogP contribution in [0.3, 0.4) is 0 Å². The molecule has 1 unspecified atom stereocenters. The molecule has 23 heavy (non-hydrogen) atoms. The van der Waals surface area contributed by atoms with Crippen LogP contribution in [0, 0.1) is 0 Å². The van der Waals surface area contributed by atoms with Crippen molar-refractivity contribution in [3.63, 3.8) is 0 Å². The number of carbonyl (C=O) groups excluding carboxylic acids is 1. The Balaban J connectivity index is 1.73. The quantitative estimate of drug-likeness (QED) is 0.780. The molecule has 2 aromatic rings. The molecule has 3 nitrogen and oxygen atoms in total. The third kappa shape index (κ3) is 4.42. The van der Waals surface area contributed by atoms with Gasteiger partial charge >= 0.3 is 5.97 Å². The van der Waals surface area contributed by atoms with Gasteiger partial charge in [0.1, 0.15) is 6.10 Å². The lowest BCUT2D eigenvalue weighted by Gasteiger charge is -2.30. The van der Waals surface area contributed by atoms with Crippen molar-refractivity contribution in [2.24, 2.45) is 0 Å². The fraction of sp³-hybridized carbons (Fsp3) is 0.350. The number of ether oxygens (including phenoxy) is 1. The zero-order valence-corrected chi connectivity index (χ0v) is 13.4. The van der Waals surface area contributed by atoms with E-state index in [0.29, 0.717) is 5.56 Å². The zero-order chi connectivity index (χ0) is 15.9. The lowest BCUT2D eigenvalue weighted by atomic mass is 10.1. The third-order valence-corrected chi connectivity index (χ3v) is 4.30. The van der Waals surface area contributed by atoms with E-state index in [1.807, 2.05) is 48.5 Å². The van der Waals surface area contributed by atoms with Crippen LogP contribution in [-0.2, 0) is 4.74 Å². The van der Waals surface area contributed by atoms with E-state index in [-0.39, 0.29) is 12.1 Å². The Morgan fingerprint density at radius 3 is 2.17 bits per heavy atom. The predicted octanol–water partition coefficient (Wildman–Crippen LogP) is 4.07. The number of carbonyl (C=O) groups is 1.